The smallest absolute Gasteiger partial charge is 0.350 e. The number of carbonyl (C=O) groups is 3. The van der Waals surface area contributed by atoms with E-state index in [1.165, 1.54) is 25.4 Å². The van der Waals surface area contributed by atoms with Gasteiger partial charge in [-0.15, -0.1) is 11.3 Å². The molecule has 0 saturated heterocycles. The Labute approximate surface area is 162 Å². The maximum Gasteiger partial charge on any atom is 0.350 e. The quantitative estimate of drug-likeness (QED) is 0.674. The molecule has 2 aromatic rings. The van der Waals surface area contributed by atoms with E-state index in [-0.39, 0.29) is 11.3 Å². The molecule has 3 amide bonds. The number of esters is 1. The highest BCUT2D eigenvalue weighted by atomic mass is 32.1. The monoisotopic (exact) mass is 389 g/mol. The summed E-state index contributed by atoms with van der Waals surface area (Å²) in [4.78, 5) is 36.7. The van der Waals surface area contributed by atoms with Crippen molar-refractivity contribution in [3.63, 3.8) is 0 Å². The summed E-state index contributed by atoms with van der Waals surface area (Å²) < 4.78 is 4.81. The molecule has 0 atom stereocenters. The van der Waals surface area contributed by atoms with Gasteiger partial charge in [-0.1, -0.05) is 20.8 Å². The normalized spacial score (nSPS) is 10.9. The van der Waals surface area contributed by atoms with E-state index >= 15 is 0 Å². The van der Waals surface area contributed by atoms with Gasteiger partial charge in [-0.3, -0.25) is 4.79 Å². The molecule has 3 N–H and O–H groups in total. The standard InChI is InChI=1S/C19H23N3O4S/c1-11(23)20-12-6-8-13(9-7-12)21-18(25)22-14-10-15(19(2,3)4)27-16(14)17(24)26-5/h6-10H,1-5H3,(H,20,23)(H2,21,22,25). The molecule has 0 aliphatic heterocycles. The molecule has 0 spiro atoms. The Bertz CT molecular complexity index is 851. The van der Waals surface area contributed by atoms with Crippen molar-refractivity contribution in [1.82, 2.24) is 0 Å². The van der Waals surface area contributed by atoms with Crippen molar-refractivity contribution in [2.24, 2.45) is 0 Å². The molecule has 27 heavy (non-hydrogen) atoms. The van der Waals surface area contributed by atoms with Gasteiger partial charge in [-0.05, 0) is 35.7 Å². The number of benzene rings is 1. The van der Waals surface area contributed by atoms with E-state index in [1.54, 1.807) is 30.3 Å². The van der Waals surface area contributed by atoms with E-state index in [9.17, 15) is 14.4 Å². The minimum Gasteiger partial charge on any atom is -0.465 e. The van der Waals surface area contributed by atoms with Crippen molar-refractivity contribution < 1.29 is 19.1 Å². The Morgan fingerprint density at radius 1 is 0.963 bits per heavy atom. The number of ether oxygens (including phenoxy) is 1. The van der Waals surface area contributed by atoms with E-state index < -0.39 is 12.0 Å². The van der Waals surface area contributed by atoms with Gasteiger partial charge in [0.15, 0.2) is 0 Å². The molecule has 7 nitrogen and oxygen atoms in total. The molecule has 0 aliphatic rings. The van der Waals surface area contributed by atoms with Gasteiger partial charge in [0.05, 0.1) is 12.8 Å². The van der Waals surface area contributed by atoms with E-state index in [1.807, 2.05) is 20.8 Å². The van der Waals surface area contributed by atoms with E-state index in [0.717, 1.165) is 4.88 Å². The van der Waals surface area contributed by atoms with Crippen molar-refractivity contribution in [3.8, 4) is 0 Å². The zero-order valence-corrected chi connectivity index (χ0v) is 16.7. The molecule has 8 heteroatoms. The average Bonchev–Trinajstić information content (AvgIpc) is 2.99. The summed E-state index contributed by atoms with van der Waals surface area (Å²) in [5, 5.41) is 8.05. The van der Waals surface area contributed by atoms with Crippen molar-refractivity contribution in [1.29, 1.82) is 0 Å². The van der Waals surface area contributed by atoms with Crippen molar-refractivity contribution in [2.75, 3.05) is 23.1 Å². The molecule has 0 unspecified atom stereocenters. The lowest BCUT2D eigenvalue weighted by atomic mass is 9.94. The number of rotatable bonds is 4. The van der Waals surface area contributed by atoms with Crippen LogP contribution in [0.5, 0.6) is 0 Å². The van der Waals surface area contributed by atoms with Crippen LogP contribution in [0, 0.1) is 0 Å². The topological polar surface area (TPSA) is 96.5 Å². The van der Waals surface area contributed by atoms with Crippen molar-refractivity contribution in [2.45, 2.75) is 33.1 Å². The van der Waals surface area contributed by atoms with Crippen LogP contribution in [0.1, 0.15) is 42.2 Å². The molecule has 0 fully saturated rings. The maximum absolute atomic E-state index is 12.3. The van der Waals surface area contributed by atoms with Crippen LogP contribution in [0.15, 0.2) is 30.3 Å². The number of amides is 3. The van der Waals surface area contributed by atoms with E-state index in [2.05, 4.69) is 16.0 Å². The van der Waals surface area contributed by atoms with Crippen LogP contribution in [-0.4, -0.2) is 25.0 Å². The Kier molecular flexibility index (Phi) is 6.22. The number of urea groups is 1. The number of carbonyl (C=O) groups excluding carboxylic acids is 3. The first-order valence-corrected chi connectivity index (χ1v) is 9.10. The summed E-state index contributed by atoms with van der Waals surface area (Å²) in [5.41, 5.74) is 1.43. The molecular formula is C19H23N3O4S. The fourth-order valence-electron chi connectivity index (χ4n) is 2.22. The molecule has 0 bridgehead atoms. The number of anilines is 3. The number of methoxy groups -OCH3 is 1. The first-order valence-electron chi connectivity index (χ1n) is 8.28. The fraction of sp³-hybridized carbons (Fsp3) is 0.316. The van der Waals surface area contributed by atoms with Crippen LogP contribution in [-0.2, 0) is 14.9 Å². The second kappa shape index (κ2) is 8.22. The highest BCUT2D eigenvalue weighted by molar-refractivity contribution is 7.14. The second-order valence-corrected chi connectivity index (χ2v) is 7.98. The van der Waals surface area contributed by atoms with Gasteiger partial charge < -0.3 is 20.7 Å². The van der Waals surface area contributed by atoms with Crippen LogP contribution >= 0.6 is 11.3 Å². The summed E-state index contributed by atoms with van der Waals surface area (Å²) in [6.07, 6.45) is 0. The van der Waals surface area contributed by atoms with Crippen LogP contribution < -0.4 is 16.0 Å². The molecule has 0 radical (unpaired) electrons. The van der Waals surface area contributed by atoms with Crippen LogP contribution in [0.3, 0.4) is 0 Å². The summed E-state index contributed by atoms with van der Waals surface area (Å²) in [6.45, 7) is 7.51. The predicted octanol–water partition coefficient (Wildman–Crippen LogP) is 4.43. The van der Waals surface area contributed by atoms with Gasteiger partial charge in [0.25, 0.3) is 0 Å². The number of hydrogen-bond acceptors (Lipinski definition) is 5. The molecule has 0 saturated carbocycles. The summed E-state index contributed by atoms with van der Waals surface area (Å²) >= 11 is 1.30. The lowest BCUT2D eigenvalue weighted by Gasteiger charge is -2.15. The molecule has 0 aliphatic carbocycles. The zero-order chi connectivity index (χ0) is 20.2. The van der Waals surface area contributed by atoms with Crippen LogP contribution in [0.25, 0.3) is 0 Å². The van der Waals surface area contributed by atoms with Gasteiger partial charge in [0.1, 0.15) is 4.88 Å². The molecule has 1 aromatic carbocycles. The average molecular weight is 389 g/mol. The Hall–Kier alpha value is -2.87. The number of thiophene rings is 1. The SMILES string of the molecule is COC(=O)c1sc(C(C)(C)C)cc1NC(=O)Nc1ccc(NC(C)=O)cc1. The second-order valence-electron chi connectivity index (χ2n) is 6.93. The van der Waals surface area contributed by atoms with Crippen molar-refractivity contribution >= 4 is 46.3 Å². The Morgan fingerprint density at radius 2 is 1.52 bits per heavy atom. The van der Waals surface area contributed by atoms with Gasteiger partial charge in [-0.2, -0.15) is 0 Å². The van der Waals surface area contributed by atoms with Gasteiger partial charge in [0, 0.05) is 23.2 Å². The van der Waals surface area contributed by atoms with Gasteiger partial charge in [0.2, 0.25) is 5.91 Å². The zero-order valence-electron chi connectivity index (χ0n) is 15.9. The largest absolute Gasteiger partial charge is 0.465 e. The first kappa shape index (κ1) is 20.4. The van der Waals surface area contributed by atoms with Crippen LogP contribution in [0.2, 0.25) is 0 Å². The highest BCUT2D eigenvalue weighted by Crippen LogP contribution is 2.36. The molecule has 2 rings (SSSR count). The third kappa shape index (κ3) is 5.55. The molecule has 144 valence electrons. The molecule has 1 heterocycles. The molecule has 1 aromatic heterocycles. The Morgan fingerprint density at radius 3 is 2.00 bits per heavy atom. The van der Waals surface area contributed by atoms with Gasteiger partial charge >= 0.3 is 12.0 Å². The fourth-order valence-corrected chi connectivity index (χ4v) is 3.31. The van der Waals surface area contributed by atoms with Crippen LogP contribution in [0.4, 0.5) is 21.9 Å². The highest BCUT2D eigenvalue weighted by Gasteiger charge is 2.24. The first-order chi connectivity index (χ1) is 12.6. The number of hydrogen-bond donors (Lipinski definition) is 3. The lowest BCUT2D eigenvalue weighted by Crippen LogP contribution is -2.20. The minimum absolute atomic E-state index is 0.163. The summed E-state index contributed by atoms with van der Waals surface area (Å²) in [5.74, 6) is -0.665. The van der Waals surface area contributed by atoms with Crippen molar-refractivity contribution in [3.05, 3.63) is 40.1 Å². The minimum atomic E-state index is -0.495. The number of nitrogens with one attached hydrogen (secondary N) is 3. The third-order valence-corrected chi connectivity index (χ3v) is 5.09. The molecular weight excluding hydrogens is 366 g/mol. The predicted molar refractivity (Wildman–Crippen MR) is 108 cm³/mol. The summed E-state index contributed by atoms with van der Waals surface area (Å²) in [6, 6.07) is 8.00. The van der Waals surface area contributed by atoms with E-state index in [0.29, 0.717) is 21.9 Å². The maximum atomic E-state index is 12.3. The summed E-state index contributed by atoms with van der Waals surface area (Å²) in [7, 11) is 1.30. The van der Waals surface area contributed by atoms with Gasteiger partial charge in [-0.25, -0.2) is 9.59 Å². The third-order valence-electron chi connectivity index (χ3n) is 3.55. The lowest BCUT2D eigenvalue weighted by molar-refractivity contribution is -0.114. The van der Waals surface area contributed by atoms with E-state index in [4.69, 9.17) is 4.74 Å². The Balaban J connectivity index is 2.14.